The van der Waals surface area contributed by atoms with E-state index >= 15 is 0 Å². The van der Waals surface area contributed by atoms with Crippen LogP contribution in [0.15, 0.2) is 42.5 Å². The first-order chi connectivity index (χ1) is 9.63. The Kier molecular flexibility index (Phi) is 4.35. The Balaban J connectivity index is 2.23. The molecule has 0 spiro atoms. The van der Waals surface area contributed by atoms with Crippen LogP contribution >= 0.6 is 0 Å². The zero-order chi connectivity index (χ0) is 14.5. The van der Waals surface area contributed by atoms with E-state index in [9.17, 15) is 0 Å². The smallest absolute Gasteiger partial charge is 0.162 e. The molecule has 2 rings (SSSR count). The van der Waals surface area contributed by atoms with Crippen LogP contribution in [-0.4, -0.2) is 28.3 Å². The summed E-state index contributed by atoms with van der Waals surface area (Å²) in [6.45, 7) is 0. The van der Waals surface area contributed by atoms with Gasteiger partial charge in [-0.25, -0.2) is 0 Å². The average Bonchev–Trinajstić information content (AvgIpc) is 2.47. The van der Waals surface area contributed by atoms with Gasteiger partial charge in [0.25, 0.3) is 0 Å². The van der Waals surface area contributed by atoms with Gasteiger partial charge in [0.2, 0.25) is 0 Å². The van der Waals surface area contributed by atoms with Crippen molar-refractivity contribution in [1.82, 2.24) is 0 Å². The maximum absolute atomic E-state index is 5.30. The summed E-state index contributed by atoms with van der Waals surface area (Å²) in [4.78, 5) is 2.07. The van der Waals surface area contributed by atoms with Gasteiger partial charge in [-0.3, -0.25) is 0 Å². The van der Waals surface area contributed by atoms with Crippen LogP contribution < -0.4 is 19.7 Å². The molecule has 0 aliphatic heterocycles. The van der Waals surface area contributed by atoms with Crippen LogP contribution in [0.4, 0.5) is 17.1 Å². The number of hydrogen-bond acceptors (Lipinski definition) is 4. The van der Waals surface area contributed by atoms with Crippen LogP contribution in [0.5, 0.6) is 11.5 Å². The van der Waals surface area contributed by atoms with E-state index in [0.29, 0.717) is 5.75 Å². The van der Waals surface area contributed by atoms with Crippen molar-refractivity contribution in [2.45, 2.75) is 0 Å². The quantitative estimate of drug-likeness (QED) is 0.903. The highest BCUT2D eigenvalue weighted by Crippen LogP contribution is 2.31. The molecule has 4 heteroatoms. The predicted molar refractivity (Wildman–Crippen MR) is 83.6 cm³/mol. The fourth-order valence-corrected chi connectivity index (χ4v) is 1.94. The molecular weight excluding hydrogens is 252 g/mol. The van der Waals surface area contributed by atoms with Crippen LogP contribution in [-0.2, 0) is 0 Å². The van der Waals surface area contributed by atoms with Crippen molar-refractivity contribution in [3.05, 3.63) is 42.5 Å². The summed E-state index contributed by atoms with van der Waals surface area (Å²) in [6.07, 6.45) is 0. The number of nitrogens with one attached hydrogen (secondary N) is 1. The Morgan fingerprint density at radius 1 is 0.850 bits per heavy atom. The van der Waals surface area contributed by atoms with E-state index < -0.39 is 0 Å². The number of benzene rings is 2. The Hall–Kier alpha value is -2.36. The summed E-state index contributed by atoms with van der Waals surface area (Å²) < 4.78 is 10.5. The third-order valence-electron chi connectivity index (χ3n) is 3.03. The van der Waals surface area contributed by atoms with Gasteiger partial charge in [0.1, 0.15) is 0 Å². The second-order valence-electron chi connectivity index (χ2n) is 4.64. The largest absolute Gasteiger partial charge is 0.493 e. The van der Waals surface area contributed by atoms with Gasteiger partial charge in [0.15, 0.2) is 11.5 Å². The van der Waals surface area contributed by atoms with Crippen molar-refractivity contribution in [2.75, 3.05) is 38.5 Å². The molecule has 0 radical (unpaired) electrons. The molecule has 2 aromatic rings. The van der Waals surface area contributed by atoms with Gasteiger partial charge in [-0.2, -0.15) is 0 Å². The first-order valence-corrected chi connectivity index (χ1v) is 6.40. The van der Waals surface area contributed by atoms with E-state index in [2.05, 4.69) is 22.3 Å². The zero-order valence-corrected chi connectivity index (χ0v) is 12.3. The van der Waals surface area contributed by atoms with Gasteiger partial charge in [0, 0.05) is 37.2 Å². The normalized spacial score (nSPS) is 10.0. The number of methoxy groups -OCH3 is 2. The van der Waals surface area contributed by atoms with Gasteiger partial charge in [0.05, 0.1) is 14.2 Å². The van der Waals surface area contributed by atoms with Crippen molar-refractivity contribution >= 4 is 17.1 Å². The summed E-state index contributed by atoms with van der Waals surface area (Å²) in [5.74, 6) is 1.43. The molecule has 1 N–H and O–H groups in total. The van der Waals surface area contributed by atoms with Crippen molar-refractivity contribution in [3.8, 4) is 11.5 Å². The minimum Gasteiger partial charge on any atom is -0.493 e. The lowest BCUT2D eigenvalue weighted by atomic mass is 10.2. The number of rotatable bonds is 5. The minimum atomic E-state index is 0.710. The monoisotopic (exact) mass is 272 g/mol. The lowest BCUT2D eigenvalue weighted by Gasteiger charge is -2.15. The van der Waals surface area contributed by atoms with Crippen LogP contribution in [0.2, 0.25) is 0 Å². The molecule has 0 aliphatic carbocycles. The SMILES string of the molecule is COc1ccc(Nc2cccc(N(C)C)c2)cc1OC. The number of ether oxygens (including phenoxy) is 2. The Morgan fingerprint density at radius 3 is 2.20 bits per heavy atom. The second kappa shape index (κ2) is 6.19. The Morgan fingerprint density at radius 2 is 1.55 bits per heavy atom. The molecule has 0 aliphatic rings. The Bertz CT molecular complexity index is 582. The maximum Gasteiger partial charge on any atom is 0.162 e. The van der Waals surface area contributed by atoms with E-state index in [1.54, 1.807) is 14.2 Å². The number of nitrogens with zero attached hydrogens (tertiary/aromatic N) is 1. The molecule has 0 saturated heterocycles. The molecule has 0 unspecified atom stereocenters. The molecular formula is C16H20N2O2. The molecule has 0 fully saturated rings. The van der Waals surface area contributed by atoms with E-state index in [1.807, 2.05) is 44.4 Å². The molecule has 0 aromatic heterocycles. The highest BCUT2D eigenvalue weighted by Gasteiger charge is 2.05. The third kappa shape index (κ3) is 3.15. The Labute approximate surface area is 119 Å². The third-order valence-corrected chi connectivity index (χ3v) is 3.03. The summed E-state index contributed by atoms with van der Waals surface area (Å²) in [5, 5.41) is 3.36. The summed E-state index contributed by atoms with van der Waals surface area (Å²) >= 11 is 0. The highest BCUT2D eigenvalue weighted by atomic mass is 16.5. The molecule has 0 saturated carbocycles. The summed E-state index contributed by atoms with van der Waals surface area (Å²) in [6, 6.07) is 14.0. The van der Waals surface area contributed by atoms with Crippen molar-refractivity contribution in [2.24, 2.45) is 0 Å². The number of anilines is 3. The van der Waals surface area contributed by atoms with Gasteiger partial charge >= 0.3 is 0 Å². The predicted octanol–water partition coefficient (Wildman–Crippen LogP) is 3.51. The van der Waals surface area contributed by atoms with Crippen LogP contribution in [0.25, 0.3) is 0 Å². The lowest BCUT2D eigenvalue weighted by molar-refractivity contribution is 0.355. The molecule has 0 bridgehead atoms. The molecule has 0 atom stereocenters. The molecule has 106 valence electrons. The van der Waals surface area contributed by atoms with E-state index in [-0.39, 0.29) is 0 Å². The first-order valence-electron chi connectivity index (χ1n) is 6.40. The van der Waals surface area contributed by atoms with Crippen LogP contribution in [0.1, 0.15) is 0 Å². The van der Waals surface area contributed by atoms with Crippen molar-refractivity contribution in [3.63, 3.8) is 0 Å². The average molecular weight is 272 g/mol. The fraction of sp³-hybridized carbons (Fsp3) is 0.250. The molecule has 20 heavy (non-hydrogen) atoms. The topological polar surface area (TPSA) is 33.7 Å². The standard InChI is InChI=1S/C16H20N2O2/c1-18(2)14-7-5-6-12(10-14)17-13-8-9-15(19-3)16(11-13)20-4/h5-11,17H,1-4H3. The minimum absolute atomic E-state index is 0.710. The van der Waals surface area contributed by atoms with Crippen LogP contribution in [0.3, 0.4) is 0 Å². The molecule has 0 amide bonds. The zero-order valence-electron chi connectivity index (χ0n) is 12.3. The van der Waals surface area contributed by atoms with Gasteiger partial charge in [-0.05, 0) is 30.3 Å². The van der Waals surface area contributed by atoms with Crippen LogP contribution in [0, 0.1) is 0 Å². The van der Waals surface area contributed by atoms with Gasteiger partial charge in [-0.15, -0.1) is 0 Å². The summed E-state index contributed by atoms with van der Waals surface area (Å²) in [5.41, 5.74) is 3.14. The molecule has 4 nitrogen and oxygen atoms in total. The lowest BCUT2D eigenvalue weighted by Crippen LogP contribution is -2.08. The highest BCUT2D eigenvalue weighted by molar-refractivity contribution is 5.67. The number of hydrogen-bond donors (Lipinski definition) is 1. The summed E-state index contributed by atoms with van der Waals surface area (Å²) in [7, 11) is 7.31. The van der Waals surface area contributed by atoms with Crippen molar-refractivity contribution in [1.29, 1.82) is 0 Å². The second-order valence-corrected chi connectivity index (χ2v) is 4.64. The first kappa shape index (κ1) is 14.1. The van der Waals surface area contributed by atoms with E-state index in [1.165, 1.54) is 0 Å². The van der Waals surface area contributed by atoms with Crippen molar-refractivity contribution < 1.29 is 9.47 Å². The molecule has 0 heterocycles. The molecule has 2 aromatic carbocycles. The van der Waals surface area contributed by atoms with Gasteiger partial charge < -0.3 is 19.7 Å². The van der Waals surface area contributed by atoms with E-state index in [0.717, 1.165) is 22.8 Å². The fourth-order valence-electron chi connectivity index (χ4n) is 1.94. The van der Waals surface area contributed by atoms with Gasteiger partial charge in [-0.1, -0.05) is 6.07 Å². The maximum atomic E-state index is 5.30. The van der Waals surface area contributed by atoms with E-state index in [4.69, 9.17) is 9.47 Å².